The van der Waals surface area contributed by atoms with Gasteiger partial charge in [0.25, 0.3) is 32.7 Å². The first-order chi connectivity index (χ1) is 27.1. The lowest BCUT2D eigenvalue weighted by molar-refractivity contribution is 0.0981. The van der Waals surface area contributed by atoms with Crippen molar-refractivity contribution in [2.75, 3.05) is 23.8 Å². The van der Waals surface area contributed by atoms with E-state index in [-0.39, 0.29) is 75.4 Å². The van der Waals surface area contributed by atoms with E-state index < -0.39 is 45.4 Å². The highest BCUT2D eigenvalue weighted by molar-refractivity contribution is 8.13. The van der Waals surface area contributed by atoms with Crippen molar-refractivity contribution in [1.82, 2.24) is 19.6 Å². The summed E-state index contributed by atoms with van der Waals surface area (Å²) >= 11 is 0. The van der Waals surface area contributed by atoms with E-state index in [1.807, 2.05) is 13.8 Å². The topological polar surface area (TPSA) is 233 Å². The molecular formula is C36H47ClN8O8S. The van der Waals surface area contributed by atoms with Crippen LogP contribution in [0.4, 0.5) is 11.4 Å². The summed E-state index contributed by atoms with van der Waals surface area (Å²) in [4.78, 5) is 49.4. The normalized spacial score (nSPS) is 12.6. The van der Waals surface area contributed by atoms with Crippen molar-refractivity contribution in [2.45, 2.75) is 71.0 Å². The van der Waals surface area contributed by atoms with Gasteiger partial charge in [-0.15, -0.1) is 0 Å². The molecule has 16 nitrogen and oxygen atoms in total. The fourth-order valence-corrected chi connectivity index (χ4v) is 5.74. The molecule has 4 aromatic rings. The van der Waals surface area contributed by atoms with Gasteiger partial charge >= 0.3 is 0 Å². The number of primary amides is 2. The average molecular weight is 791 g/mol. The third-order valence-electron chi connectivity index (χ3n) is 7.26. The van der Waals surface area contributed by atoms with Crippen molar-refractivity contribution in [3.8, 4) is 11.5 Å². The first-order valence-corrected chi connectivity index (χ1v) is 19.2. The third kappa shape index (κ3) is 10.8. The Hall–Kier alpha value is -5.42. The number of carbonyl (C=O) groups excluding carboxylic acids is 4. The Labute approximate surface area is 324 Å². The summed E-state index contributed by atoms with van der Waals surface area (Å²) in [6.07, 6.45) is -2.28. The van der Waals surface area contributed by atoms with Gasteiger partial charge in [-0.2, -0.15) is 10.2 Å². The molecule has 2 aromatic heterocycles. The van der Waals surface area contributed by atoms with E-state index in [2.05, 4.69) is 20.8 Å². The maximum Gasteiger partial charge on any atom is 0.269 e. The molecule has 2 aromatic carbocycles. The van der Waals surface area contributed by atoms with Gasteiger partial charge in [0.15, 0.2) is 0 Å². The second-order valence-corrected chi connectivity index (χ2v) is 13.9. The highest BCUT2D eigenvalue weighted by atomic mass is 35.7. The number of benzene rings is 2. The van der Waals surface area contributed by atoms with Crippen LogP contribution in [-0.2, 0) is 35.9 Å². The number of hydrogen-bond donors (Lipinski definition) is 4. The number of para-hydroxylation sites is 1. The monoisotopic (exact) mass is 790 g/mol. The summed E-state index contributed by atoms with van der Waals surface area (Å²) < 4.78 is 69.5. The van der Waals surface area contributed by atoms with Gasteiger partial charge in [0, 0.05) is 30.3 Å². The number of halogens is 1. The number of nitrogens with one attached hydrogen (secondary N) is 2. The molecular weight excluding hydrogens is 740 g/mol. The van der Waals surface area contributed by atoms with Crippen LogP contribution in [0.1, 0.15) is 112 Å². The second kappa shape index (κ2) is 19.6. The molecule has 18 heteroatoms. The maximum absolute atomic E-state index is 13.1. The van der Waals surface area contributed by atoms with Crippen molar-refractivity contribution >= 4 is 54.7 Å². The summed E-state index contributed by atoms with van der Waals surface area (Å²) in [5.74, 6) is -2.63. The minimum absolute atomic E-state index is 0.00984. The van der Waals surface area contributed by atoms with Crippen LogP contribution in [0.3, 0.4) is 0 Å². The molecule has 4 amide bonds. The number of ether oxygens (including phenoxy) is 2. The maximum atomic E-state index is 13.1. The minimum atomic E-state index is -4.14. The van der Waals surface area contributed by atoms with Gasteiger partial charge in [0.1, 0.15) is 22.9 Å². The van der Waals surface area contributed by atoms with E-state index in [1.54, 1.807) is 38.1 Å². The van der Waals surface area contributed by atoms with Gasteiger partial charge in [-0.25, -0.2) is 8.42 Å². The highest BCUT2D eigenvalue weighted by Gasteiger charge is 2.26. The number of anilines is 2. The lowest BCUT2D eigenvalue weighted by Crippen LogP contribution is -2.21. The van der Waals surface area contributed by atoms with Crippen LogP contribution in [0.2, 0.25) is 0 Å². The van der Waals surface area contributed by atoms with Crippen molar-refractivity contribution in [2.24, 2.45) is 25.6 Å². The van der Waals surface area contributed by atoms with Crippen molar-refractivity contribution in [3.05, 3.63) is 76.4 Å². The largest absolute Gasteiger partial charge is 0.493 e. The van der Waals surface area contributed by atoms with Crippen LogP contribution in [0, 0.1) is 0 Å². The Kier molecular flexibility index (Phi) is 13.4. The summed E-state index contributed by atoms with van der Waals surface area (Å²) in [6, 6.07) is 10.2. The van der Waals surface area contributed by atoms with Gasteiger partial charge in [-0.1, -0.05) is 52.7 Å². The van der Waals surface area contributed by atoms with Crippen molar-refractivity contribution < 1.29 is 42.6 Å². The van der Waals surface area contributed by atoms with E-state index in [4.69, 9.17) is 37.1 Å². The lowest BCUT2D eigenvalue weighted by Gasteiger charge is -2.13. The number of nitrogens with two attached hydrogens (primary N) is 2. The van der Waals surface area contributed by atoms with Crippen LogP contribution >= 0.6 is 10.7 Å². The first-order valence-electron chi connectivity index (χ1n) is 18.9. The standard InChI is InChI=1S/C18H23ClN4O5S.C18H24N4O3/c1-4-6-13-15(16(17(20)24)23(3)22-13)21-18(25)12-10-11(29(19,26)27)7-8-14(12)28-9-5-2;1-4-8-13-15(16(17(19)23)22(3)21-13)20-18(24)12-9-6-7-10-14(12)25-11-5-2/h7-8,10H,4-6,9H2,1-3H3,(H2,20,24)(H,21,25);6-7,9-10H,4-5,8,11H2,1-3H3,(H2,19,23)(H,20,24)/i6D2;8D2. The van der Waals surface area contributed by atoms with Gasteiger partial charge in [0.05, 0.1) is 52.0 Å². The molecule has 0 aliphatic heterocycles. The second-order valence-electron chi connectivity index (χ2n) is 11.4. The zero-order chi connectivity index (χ0) is 43.7. The molecule has 0 atom stereocenters. The smallest absolute Gasteiger partial charge is 0.269 e. The Bertz CT molecular complexity index is 2280. The minimum Gasteiger partial charge on any atom is -0.493 e. The molecule has 0 radical (unpaired) electrons. The molecule has 0 aliphatic carbocycles. The predicted octanol–water partition coefficient (Wildman–Crippen LogP) is 4.95. The average Bonchev–Trinajstić information content (AvgIpc) is 3.68. The molecule has 0 fully saturated rings. The number of nitrogens with zero attached hydrogens (tertiary/aromatic N) is 4. The highest BCUT2D eigenvalue weighted by Crippen LogP contribution is 2.29. The van der Waals surface area contributed by atoms with Gasteiger partial charge in [-0.3, -0.25) is 28.5 Å². The molecule has 2 heterocycles. The number of hydrogen-bond acceptors (Lipinski definition) is 10. The lowest BCUT2D eigenvalue weighted by atomic mass is 10.1. The molecule has 54 heavy (non-hydrogen) atoms. The third-order valence-corrected chi connectivity index (χ3v) is 8.61. The Morgan fingerprint density at radius 1 is 0.741 bits per heavy atom. The predicted molar refractivity (Wildman–Crippen MR) is 205 cm³/mol. The zero-order valence-corrected chi connectivity index (χ0v) is 32.4. The van der Waals surface area contributed by atoms with Crippen LogP contribution < -0.4 is 31.6 Å². The molecule has 0 spiro atoms. The van der Waals surface area contributed by atoms with Crippen LogP contribution in [0.5, 0.6) is 11.5 Å². The van der Waals surface area contributed by atoms with Crippen LogP contribution in [-0.4, -0.2) is 64.8 Å². The number of aryl methyl sites for hydroxylation is 4. The van der Waals surface area contributed by atoms with Crippen molar-refractivity contribution in [1.29, 1.82) is 0 Å². The molecule has 4 rings (SSSR count). The van der Waals surface area contributed by atoms with E-state index >= 15 is 0 Å². The molecule has 0 saturated carbocycles. The van der Waals surface area contributed by atoms with Crippen molar-refractivity contribution in [3.63, 3.8) is 0 Å². The van der Waals surface area contributed by atoms with E-state index in [1.165, 1.54) is 30.9 Å². The van der Waals surface area contributed by atoms with Crippen LogP contribution in [0.15, 0.2) is 47.4 Å². The molecule has 0 aliphatic rings. The van der Waals surface area contributed by atoms with Crippen LogP contribution in [0.25, 0.3) is 0 Å². The number of carbonyl (C=O) groups is 4. The van der Waals surface area contributed by atoms with Gasteiger partial charge < -0.3 is 31.6 Å². The molecule has 6 N–H and O–H groups in total. The Morgan fingerprint density at radius 2 is 1.19 bits per heavy atom. The fraction of sp³-hybridized carbons (Fsp3) is 0.389. The zero-order valence-electron chi connectivity index (χ0n) is 34.8. The number of amides is 4. The van der Waals surface area contributed by atoms with Gasteiger partial charge in [0.2, 0.25) is 0 Å². The Morgan fingerprint density at radius 3 is 1.61 bits per heavy atom. The van der Waals surface area contributed by atoms with E-state index in [0.717, 1.165) is 17.2 Å². The summed E-state index contributed by atoms with van der Waals surface area (Å²) in [5, 5.41) is 13.2. The Balaban J connectivity index is 0.000000313. The van der Waals surface area contributed by atoms with E-state index in [9.17, 15) is 27.6 Å². The molecule has 0 saturated heterocycles. The van der Waals surface area contributed by atoms with E-state index in [0.29, 0.717) is 18.8 Å². The summed E-state index contributed by atoms with van der Waals surface area (Å²) in [6.45, 7) is 7.75. The number of rotatable bonds is 17. The number of aromatic nitrogens is 4. The summed E-state index contributed by atoms with van der Waals surface area (Å²) in [5.41, 5.74) is 10.2. The quantitative estimate of drug-likeness (QED) is 0.105. The van der Waals surface area contributed by atoms with Gasteiger partial charge in [-0.05, 0) is 55.9 Å². The molecule has 0 bridgehead atoms. The summed E-state index contributed by atoms with van der Waals surface area (Å²) in [7, 11) is 4.13. The SMILES string of the molecule is [2H]C([2H])(CC)c1nn(C)c(C(N)=O)c1NC(=O)c1cc(S(=O)(=O)Cl)ccc1OCCC.[2H]C([2H])(CC)c1nn(C)c(C(N)=O)c1NC(=O)c1ccccc1OCCC. The fourth-order valence-electron chi connectivity index (χ4n) is 4.96. The first kappa shape index (κ1) is 36.9. The molecule has 0 unspecified atom stereocenters. The molecule has 292 valence electrons.